The van der Waals surface area contributed by atoms with Gasteiger partial charge in [0.2, 0.25) is 0 Å². The summed E-state index contributed by atoms with van der Waals surface area (Å²) in [5.41, 5.74) is 2.09. The van der Waals surface area contributed by atoms with Crippen LogP contribution < -0.4 is 4.80 Å². The van der Waals surface area contributed by atoms with E-state index in [1.54, 1.807) is 11.3 Å². The molecule has 0 aliphatic rings. The number of hydrogen-bond acceptors (Lipinski definition) is 2. The van der Waals surface area contributed by atoms with E-state index in [1.165, 1.54) is 0 Å². The highest BCUT2D eigenvalue weighted by atomic mass is 35.5. The van der Waals surface area contributed by atoms with E-state index >= 15 is 0 Å². The van der Waals surface area contributed by atoms with Gasteiger partial charge in [-0.3, -0.25) is 0 Å². The number of allylic oxidation sites excluding steroid dienone is 1. The maximum absolute atomic E-state index is 5.96. The first-order valence-corrected chi connectivity index (χ1v) is 8.12. The highest BCUT2D eigenvalue weighted by molar-refractivity contribution is 7.12. The summed E-state index contributed by atoms with van der Waals surface area (Å²) in [4.78, 5) is 6.85. The number of aromatic nitrogens is 1. The SMILES string of the molecule is C=CCn1cc(-c2ccc(Cl)cc2)sc1=Nc1ccccc1. The highest BCUT2D eigenvalue weighted by Gasteiger charge is 2.05. The van der Waals surface area contributed by atoms with Crippen LogP contribution in [0.4, 0.5) is 5.69 Å². The normalized spacial score (nSPS) is 11.6. The van der Waals surface area contributed by atoms with E-state index in [9.17, 15) is 0 Å². The predicted molar refractivity (Wildman–Crippen MR) is 94.6 cm³/mol. The molecule has 4 heteroatoms. The molecule has 0 bridgehead atoms. The first-order chi connectivity index (χ1) is 10.8. The number of hydrogen-bond donors (Lipinski definition) is 0. The van der Waals surface area contributed by atoms with Crippen LogP contribution in [-0.4, -0.2) is 4.57 Å². The van der Waals surface area contributed by atoms with Crippen molar-refractivity contribution in [2.45, 2.75) is 6.54 Å². The van der Waals surface area contributed by atoms with Gasteiger partial charge in [0, 0.05) is 17.8 Å². The summed E-state index contributed by atoms with van der Waals surface area (Å²) in [6, 6.07) is 17.8. The van der Waals surface area contributed by atoms with Gasteiger partial charge in [-0.15, -0.1) is 6.58 Å². The number of rotatable bonds is 4. The van der Waals surface area contributed by atoms with Crippen LogP contribution in [0.5, 0.6) is 0 Å². The van der Waals surface area contributed by atoms with E-state index in [4.69, 9.17) is 16.6 Å². The lowest BCUT2D eigenvalue weighted by molar-refractivity contribution is 0.792. The summed E-state index contributed by atoms with van der Waals surface area (Å²) < 4.78 is 2.11. The van der Waals surface area contributed by atoms with Gasteiger partial charge in [-0.05, 0) is 29.8 Å². The molecule has 0 aliphatic heterocycles. The summed E-state index contributed by atoms with van der Waals surface area (Å²) in [5.74, 6) is 0. The molecule has 2 nitrogen and oxygen atoms in total. The Morgan fingerprint density at radius 3 is 2.50 bits per heavy atom. The first kappa shape index (κ1) is 14.8. The second-order valence-corrected chi connectivity index (χ2v) is 6.22. The Hall–Kier alpha value is -2.10. The zero-order chi connectivity index (χ0) is 15.4. The second-order valence-electron chi connectivity index (χ2n) is 4.77. The van der Waals surface area contributed by atoms with Gasteiger partial charge in [0.15, 0.2) is 4.80 Å². The minimum Gasteiger partial charge on any atom is -0.319 e. The number of halogens is 1. The van der Waals surface area contributed by atoms with E-state index in [2.05, 4.69) is 17.3 Å². The fraction of sp³-hybridized carbons (Fsp3) is 0.0556. The van der Waals surface area contributed by atoms with E-state index < -0.39 is 0 Å². The third-order valence-electron chi connectivity index (χ3n) is 3.16. The molecule has 0 unspecified atom stereocenters. The number of benzene rings is 2. The second kappa shape index (κ2) is 6.77. The van der Waals surface area contributed by atoms with E-state index in [1.807, 2.05) is 60.7 Å². The van der Waals surface area contributed by atoms with Crippen molar-refractivity contribution in [2.24, 2.45) is 4.99 Å². The standard InChI is InChI=1S/C18H15ClN2S/c1-2-12-21-13-17(14-8-10-15(19)11-9-14)22-18(21)20-16-6-4-3-5-7-16/h2-11,13H,1,12H2. The molecule has 0 spiro atoms. The Labute approximate surface area is 138 Å². The topological polar surface area (TPSA) is 17.3 Å². The van der Waals surface area contributed by atoms with Crippen molar-refractivity contribution >= 4 is 28.6 Å². The molecule has 3 aromatic rings. The zero-order valence-corrected chi connectivity index (χ0v) is 13.5. The van der Waals surface area contributed by atoms with Crippen LogP contribution in [0.3, 0.4) is 0 Å². The van der Waals surface area contributed by atoms with Crippen molar-refractivity contribution in [2.75, 3.05) is 0 Å². The molecular weight excluding hydrogens is 312 g/mol. The van der Waals surface area contributed by atoms with Crippen LogP contribution in [-0.2, 0) is 6.54 Å². The van der Waals surface area contributed by atoms with Gasteiger partial charge in [-0.25, -0.2) is 4.99 Å². The molecule has 0 radical (unpaired) electrons. The van der Waals surface area contributed by atoms with Crippen molar-refractivity contribution in [3.8, 4) is 10.4 Å². The molecule has 1 heterocycles. The fourth-order valence-electron chi connectivity index (χ4n) is 2.10. The van der Waals surface area contributed by atoms with Crippen LogP contribution in [0.1, 0.15) is 0 Å². The van der Waals surface area contributed by atoms with Gasteiger partial charge < -0.3 is 4.57 Å². The average Bonchev–Trinajstić information content (AvgIpc) is 2.92. The van der Waals surface area contributed by atoms with Gasteiger partial charge in [-0.2, -0.15) is 0 Å². The molecule has 0 amide bonds. The number of thiazole rings is 1. The lowest BCUT2D eigenvalue weighted by Crippen LogP contribution is -2.12. The summed E-state index contributed by atoms with van der Waals surface area (Å²) in [6.45, 7) is 4.55. The van der Waals surface area contributed by atoms with E-state index in [-0.39, 0.29) is 0 Å². The van der Waals surface area contributed by atoms with Crippen molar-refractivity contribution in [3.05, 3.63) is 83.3 Å². The zero-order valence-electron chi connectivity index (χ0n) is 11.9. The maximum Gasteiger partial charge on any atom is 0.190 e. The van der Waals surface area contributed by atoms with Crippen LogP contribution in [0, 0.1) is 0 Å². The Bertz CT molecular complexity index is 830. The summed E-state index contributed by atoms with van der Waals surface area (Å²) in [7, 11) is 0. The number of nitrogens with zero attached hydrogens (tertiary/aromatic N) is 2. The minimum atomic E-state index is 0.732. The Morgan fingerprint density at radius 1 is 1.09 bits per heavy atom. The fourth-order valence-corrected chi connectivity index (χ4v) is 3.25. The van der Waals surface area contributed by atoms with Crippen molar-refractivity contribution in [1.29, 1.82) is 0 Å². The van der Waals surface area contributed by atoms with E-state index in [0.29, 0.717) is 0 Å². The molecule has 22 heavy (non-hydrogen) atoms. The average molecular weight is 327 g/mol. The molecule has 0 N–H and O–H groups in total. The predicted octanol–water partition coefficient (Wildman–Crippen LogP) is 5.29. The Balaban J connectivity index is 2.08. The van der Waals surface area contributed by atoms with E-state index in [0.717, 1.165) is 32.5 Å². The van der Waals surface area contributed by atoms with Crippen LogP contribution in [0.15, 0.2) is 78.4 Å². The first-order valence-electron chi connectivity index (χ1n) is 6.93. The molecule has 0 atom stereocenters. The molecule has 3 rings (SSSR count). The monoisotopic (exact) mass is 326 g/mol. The molecule has 0 saturated carbocycles. The lowest BCUT2D eigenvalue weighted by atomic mass is 10.2. The molecular formula is C18H15ClN2S. The van der Waals surface area contributed by atoms with Gasteiger partial charge in [0.25, 0.3) is 0 Å². The number of para-hydroxylation sites is 1. The van der Waals surface area contributed by atoms with Crippen molar-refractivity contribution in [3.63, 3.8) is 0 Å². The third kappa shape index (κ3) is 3.38. The lowest BCUT2D eigenvalue weighted by Gasteiger charge is -1.97. The van der Waals surface area contributed by atoms with Crippen LogP contribution >= 0.6 is 22.9 Å². The molecule has 2 aromatic carbocycles. The van der Waals surface area contributed by atoms with Crippen molar-refractivity contribution in [1.82, 2.24) is 4.57 Å². The molecule has 0 aliphatic carbocycles. The van der Waals surface area contributed by atoms with Gasteiger partial charge in [0.05, 0.1) is 10.6 Å². The summed E-state index contributed by atoms with van der Waals surface area (Å²) >= 11 is 7.62. The Kier molecular flexibility index (Phi) is 4.56. The van der Waals surface area contributed by atoms with Crippen LogP contribution in [0.25, 0.3) is 10.4 Å². The summed E-state index contributed by atoms with van der Waals surface area (Å²) in [5, 5.41) is 0.744. The quantitative estimate of drug-likeness (QED) is 0.580. The Morgan fingerprint density at radius 2 is 1.82 bits per heavy atom. The molecule has 0 fully saturated rings. The highest BCUT2D eigenvalue weighted by Crippen LogP contribution is 2.24. The third-order valence-corrected chi connectivity index (χ3v) is 4.48. The van der Waals surface area contributed by atoms with Gasteiger partial charge >= 0.3 is 0 Å². The molecule has 110 valence electrons. The minimum absolute atomic E-state index is 0.732. The van der Waals surface area contributed by atoms with Gasteiger partial charge in [0.1, 0.15) is 0 Å². The molecule has 1 aromatic heterocycles. The summed E-state index contributed by atoms with van der Waals surface area (Å²) in [6.07, 6.45) is 3.99. The smallest absolute Gasteiger partial charge is 0.190 e. The maximum atomic E-state index is 5.96. The van der Waals surface area contributed by atoms with Gasteiger partial charge in [-0.1, -0.05) is 59.3 Å². The van der Waals surface area contributed by atoms with Crippen molar-refractivity contribution < 1.29 is 0 Å². The molecule has 0 saturated heterocycles. The van der Waals surface area contributed by atoms with Crippen LogP contribution in [0.2, 0.25) is 5.02 Å². The largest absolute Gasteiger partial charge is 0.319 e.